The summed E-state index contributed by atoms with van der Waals surface area (Å²) in [5.41, 5.74) is 0. The first-order valence-corrected chi connectivity index (χ1v) is 5.52. The van der Waals surface area contributed by atoms with Crippen LogP contribution < -0.4 is 5.32 Å². The number of nitrogens with one attached hydrogen (secondary N) is 1. The molecule has 0 aromatic carbocycles. The van der Waals surface area contributed by atoms with E-state index in [1.165, 1.54) is 12.2 Å². The van der Waals surface area contributed by atoms with Gasteiger partial charge in [-0.3, -0.25) is 0 Å². The molecule has 1 unspecified atom stereocenters. The van der Waals surface area contributed by atoms with Gasteiger partial charge in [0.25, 0.3) is 0 Å². The summed E-state index contributed by atoms with van der Waals surface area (Å²) in [4.78, 5) is 4.32. The van der Waals surface area contributed by atoms with Crippen molar-refractivity contribution in [3.8, 4) is 0 Å². The summed E-state index contributed by atoms with van der Waals surface area (Å²) in [6, 6.07) is 0.499. The fourth-order valence-electron chi connectivity index (χ4n) is 1.61. The molecule has 0 aliphatic heterocycles. The second kappa shape index (κ2) is 5.81. The quantitative estimate of drug-likeness (QED) is 0.704. The molecule has 0 fully saturated rings. The van der Waals surface area contributed by atoms with Crippen LogP contribution in [0.25, 0.3) is 0 Å². The van der Waals surface area contributed by atoms with Crippen LogP contribution in [0.2, 0.25) is 0 Å². The van der Waals surface area contributed by atoms with Crippen LogP contribution in [-0.2, 0) is 6.42 Å². The Hall–Kier alpha value is -0.830. The van der Waals surface area contributed by atoms with Gasteiger partial charge in [0.1, 0.15) is 5.82 Å². The predicted octanol–water partition coefficient (Wildman–Crippen LogP) is 2.01. The molecule has 0 aliphatic carbocycles. The highest BCUT2D eigenvalue weighted by Crippen LogP contribution is 2.08. The van der Waals surface area contributed by atoms with E-state index in [2.05, 4.69) is 41.8 Å². The monoisotopic (exact) mass is 195 g/mol. The first-order chi connectivity index (χ1) is 6.79. The number of hydrogen-bond acceptors (Lipinski definition) is 2. The molecule has 3 nitrogen and oxygen atoms in total. The van der Waals surface area contributed by atoms with E-state index in [0.717, 1.165) is 19.5 Å². The van der Waals surface area contributed by atoms with E-state index in [-0.39, 0.29) is 0 Å². The van der Waals surface area contributed by atoms with Crippen LogP contribution in [0.1, 0.15) is 39.1 Å². The van der Waals surface area contributed by atoms with Gasteiger partial charge in [0, 0.05) is 31.4 Å². The minimum Gasteiger partial charge on any atom is -0.331 e. The van der Waals surface area contributed by atoms with Crippen molar-refractivity contribution < 1.29 is 0 Å². The van der Waals surface area contributed by atoms with Crippen LogP contribution >= 0.6 is 0 Å². The SMILES string of the molecule is CCCNCC(C)n1ccnc1CC. The number of aryl methyl sites for hydroxylation is 1. The van der Waals surface area contributed by atoms with Gasteiger partial charge in [0.2, 0.25) is 0 Å². The van der Waals surface area contributed by atoms with E-state index >= 15 is 0 Å². The molecule has 0 amide bonds. The third kappa shape index (κ3) is 2.84. The Morgan fingerprint density at radius 2 is 2.29 bits per heavy atom. The van der Waals surface area contributed by atoms with Crippen molar-refractivity contribution >= 4 is 0 Å². The smallest absolute Gasteiger partial charge is 0.108 e. The van der Waals surface area contributed by atoms with Crippen molar-refractivity contribution in [1.29, 1.82) is 0 Å². The van der Waals surface area contributed by atoms with Crippen molar-refractivity contribution in [2.75, 3.05) is 13.1 Å². The molecule has 1 aromatic rings. The van der Waals surface area contributed by atoms with Crippen LogP contribution in [0.4, 0.5) is 0 Å². The molecule has 1 rings (SSSR count). The molecule has 0 bridgehead atoms. The summed E-state index contributed by atoms with van der Waals surface area (Å²) in [5, 5.41) is 3.43. The van der Waals surface area contributed by atoms with Crippen molar-refractivity contribution in [3.63, 3.8) is 0 Å². The molecule has 1 heterocycles. The molecule has 0 spiro atoms. The van der Waals surface area contributed by atoms with Crippen LogP contribution in [0.5, 0.6) is 0 Å². The van der Waals surface area contributed by atoms with Gasteiger partial charge in [-0.25, -0.2) is 4.98 Å². The summed E-state index contributed by atoms with van der Waals surface area (Å²) >= 11 is 0. The van der Waals surface area contributed by atoms with E-state index < -0.39 is 0 Å². The number of aromatic nitrogens is 2. The lowest BCUT2D eigenvalue weighted by Gasteiger charge is -2.16. The number of rotatable bonds is 6. The molecule has 1 atom stereocenters. The van der Waals surface area contributed by atoms with E-state index in [0.29, 0.717) is 6.04 Å². The second-order valence-corrected chi connectivity index (χ2v) is 3.66. The second-order valence-electron chi connectivity index (χ2n) is 3.66. The van der Waals surface area contributed by atoms with Gasteiger partial charge in [-0.05, 0) is 19.9 Å². The Bertz CT molecular complexity index is 255. The Morgan fingerprint density at radius 1 is 1.50 bits per heavy atom. The highest BCUT2D eigenvalue weighted by molar-refractivity contribution is 4.94. The summed E-state index contributed by atoms with van der Waals surface area (Å²) in [6.45, 7) is 8.68. The highest BCUT2D eigenvalue weighted by atomic mass is 15.1. The third-order valence-electron chi connectivity index (χ3n) is 2.41. The number of imidazole rings is 1. The molecule has 3 heteroatoms. The van der Waals surface area contributed by atoms with Gasteiger partial charge in [0.05, 0.1) is 0 Å². The average Bonchev–Trinajstić information content (AvgIpc) is 2.65. The maximum atomic E-state index is 4.32. The zero-order valence-electron chi connectivity index (χ0n) is 9.45. The Kier molecular flexibility index (Phi) is 4.66. The predicted molar refractivity (Wildman–Crippen MR) is 59.5 cm³/mol. The van der Waals surface area contributed by atoms with Crippen LogP contribution in [0.15, 0.2) is 12.4 Å². The first-order valence-electron chi connectivity index (χ1n) is 5.52. The van der Waals surface area contributed by atoms with Gasteiger partial charge in [-0.1, -0.05) is 13.8 Å². The first kappa shape index (κ1) is 11.2. The lowest BCUT2D eigenvalue weighted by molar-refractivity contribution is 0.480. The van der Waals surface area contributed by atoms with Gasteiger partial charge in [0.15, 0.2) is 0 Å². The molecule has 14 heavy (non-hydrogen) atoms. The zero-order valence-corrected chi connectivity index (χ0v) is 9.45. The van der Waals surface area contributed by atoms with Crippen LogP contribution in [-0.4, -0.2) is 22.6 Å². The Morgan fingerprint density at radius 3 is 2.93 bits per heavy atom. The molecular formula is C11H21N3. The average molecular weight is 195 g/mol. The van der Waals surface area contributed by atoms with Gasteiger partial charge < -0.3 is 9.88 Å². The lowest BCUT2D eigenvalue weighted by Crippen LogP contribution is -2.24. The van der Waals surface area contributed by atoms with Crippen LogP contribution in [0.3, 0.4) is 0 Å². The van der Waals surface area contributed by atoms with Gasteiger partial charge in [-0.2, -0.15) is 0 Å². The van der Waals surface area contributed by atoms with E-state index in [4.69, 9.17) is 0 Å². The fourth-order valence-corrected chi connectivity index (χ4v) is 1.61. The fraction of sp³-hybridized carbons (Fsp3) is 0.727. The van der Waals surface area contributed by atoms with Crippen molar-refractivity contribution in [1.82, 2.24) is 14.9 Å². The van der Waals surface area contributed by atoms with Crippen molar-refractivity contribution in [2.45, 2.75) is 39.7 Å². The van der Waals surface area contributed by atoms with Crippen LogP contribution in [0, 0.1) is 0 Å². The molecule has 1 aromatic heterocycles. The van der Waals surface area contributed by atoms with E-state index in [9.17, 15) is 0 Å². The molecule has 0 saturated heterocycles. The molecular weight excluding hydrogens is 174 g/mol. The van der Waals surface area contributed by atoms with Crippen molar-refractivity contribution in [3.05, 3.63) is 18.2 Å². The lowest BCUT2D eigenvalue weighted by atomic mass is 10.3. The molecule has 0 aliphatic rings. The van der Waals surface area contributed by atoms with Gasteiger partial charge >= 0.3 is 0 Å². The maximum Gasteiger partial charge on any atom is 0.108 e. The summed E-state index contributed by atoms with van der Waals surface area (Å²) in [5.74, 6) is 1.18. The highest BCUT2D eigenvalue weighted by Gasteiger charge is 2.07. The largest absolute Gasteiger partial charge is 0.331 e. The molecule has 0 radical (unpaired) electrons. The summed E-state index contributed by atoms with van der Waals surface area (Å²) in [7, 11) is 0. The van der Waals surface area contributed by atoms with E-state index in [1.54, 1.807) is 0 Å². The Balaban J connectivity index is 2.47. The minimum absolute atomic E-state index is 0.499. The minimum atomic E-state index is 0.499. The third-order valence-corrected chi connectivity index (χ3v) is 2.41. The number of nitrogens with zero attached hydrogens (tertiary/aromatic N) is 2. The Labute approximate surface area is 86.5 Å². The maximum absolute atomic E-state index is 4.32. The topological polar surface area (TPSA) is 29.9 Å². The number of hydrogen-bond donors (Lipinski definition) is 1. The standard InChI is InChI=1S/C11H21N3/c1-4-6-12-9-10(3)14-8-7-13-11(14)5-2/h7-8,10,12H,4-6,9H2,1-3H3. The summed E-state index contributed by atoms with van der Waals surface area (Å²) < 4.78 is 2.25. The van der Waals surface area contributed by atoms with E-state index in [1.807, 2.05) is 6.20 Å². The molecule has 1 N–H and O–H groups in total. The van der Waals surface area contributed by atoms with Gasteiger partial charge in [-0.15, -0.1) is 0 Å². The van der Waals surface area contributed by atoms with Crippen molar-refractivity contribution in [2.24, 2.45) is 0 Å². The normalized spacial score (nSPS) is 13.1. The summed E-state index contributed by atoms with van der Waals surface area (Å²) in [6.07, 6.45) is 6.15. The molecule has 80 valence electrons. The molecule has 0 saturated carbocycles. The zero-order chi connectivity index (χ0) is 10.4.